The molecule has 0 unspecified atom stereocenters. The third-order valence-corrected chi connectivity index (χ3v) is 5.67. The molecule has 0 aliphatic heterocycles. The number of para-hydroxylation sites is 1. The fourth-order valence-electron chi connectivity index (χ4n) is 4.03. The second-order valence-electron chi connectivity index (χ2n) is 7.77. The smallest absolute Gasteiger partial charge is 0.276 e. The second-order valence-corrected chi connectivity index (χ2v) is 7.77. The highest BCUT2D eigenvalue weighted by molar-refractivity contribution is 6.02. The average Bonchev–Trinajstić information content (AvgIpc) is 2.87. The first-order valence-electron chi connectivity index (χ1n) is 10.8. The maximum atomic E-state index is 12.9. The Bertz CT molecular complexity index is 1360. The summed E-state index contributed by atoms with van der Waals surface area (Å²) in [5.74, 6) is -0.294. The molecule has 0 bridgehead atoms. The van der Waals surface area contributed by atoms with Gasteiger partial charge in [-0.15, -0.1) is 0 Å². The number of anilines is 1. The molecule has 2 N–H and O–H groups in total. The monoisotopic (exact) mass is 433 g/mol. The first-order valence-corrected chi connectivity index (χ1v) is 10.8. The molecule has 5 heteroatoms. The molecule has 0 saturated carbocycles. The zero-order chi connectivity index (χ0) is 22.5. The van der Waals surface area contributed by atoms with Gasteiger partial charge in [0.1, 0.15) is 6.61 Å². The van der Waals surface area contributed by atoms with Gasteiger partial charge >= 0.3 is 0 Å². The number of pyridine rings is 1. The molecular formula is C28H23N3O2. The van der Waals surface area contributed by atoms with Crippen LogP contribution in [-0.2, 0) is 18.0 Å². The predicted octanol–water partition coefficient (Wildman–Crippen LogP) is 5.86. The number of nitrogens with zero attached hydrogens (tertiary/aromatic N) is 1. The first-order chi connectivity index (χ1) is 16.3. The maximum absolute atomic E-state index is 12.9. The van der Waals surface area contributed by atoms with Gasteiger partial charge in [-0.25, -0.2) is 5.48 Å². The number of nitrogens with one attached hydrogen (secondary N) is 2. The molecule has 0 fully saturated rings. The Balaban J connectivity index is 1.32. The molecule has 1 heterocycles. The molecule has 0 spiro atoms. The zero-order valence-electron chi connectivity index (χ0n) is 18.0. The van der Waals surface area contributed by atoms with Crippen molar-refractivity contribution in [1.29, 1.82) is 0 Å². The minimum absolute atomic E-state index is 0.264. The van der Waals surface area contributed by atoms with Gasteiger partial charge in [0.25, 0.3) is 5.91 Å². The van der Waals surface area contributed by atoms with Gasteiger partial charge in [0.15, 0.2) is 0 Å². The highest BCUT2D eigenvalue weighted by Crippen LogP contribution is 2.29. The lowest BCUT2D eigenvalue weighted by Gasteiger charge is -2.14. The van der Waals surface area contributed by atoms with Crippen LogP contribution in [0.25, 0.3) is 21.5 Å². The van der Waals surface area contributed by atoms with Crippen LogP contribution < -0.4 is 10.8 Å². The number of fused-ring (bicyclic) bond motifs is 2. The van der Waals surface area contributed by atoms with Crippen LogP contribution in [0.3, 0.4) is 0 Å². The highest BCUT2D eigenvalue weighted by atomic mass is 16.6. The SMILES string of the molecule is O=C(NOCc1c2ccccc2cc2ccccc12)c1ccccc1NCc1ccncc1. The Morgan fingerprint density at radius 2 is 1.42 bits per heavy atom. The largest absolute Gasteiger partial charge is 0.380 e. The van der Waals surface area contributed by atoms with E-state index in [9.17, 15) is 4.79 Å². The standard InChI is InChI=1S/C28H23N3O2/c32-28(25-11-5-6-12-27(25)30-18-20-13-15-29-16-14-20)31-33-19-26-23-9-3-1-7-21(23)17-22-8-2-4-10-24(22)26/h1-17,30H,18-19H2,(H,31,32). The van der Waals surface area contributed by atoms with E-state index in [1.807, 2.05) is 54.6 Å². The third-order valence-electron chi connectivity index (χ3n) is 5.67. The molecule has 0 aliphatic carbocycles. The predicted molar refractivity (Wildman–Crippen MR) is 132 cm³/mol. The van der Waals surface area contributed by atoms with E-state index >= 15 is 0 Å². The number of carbonyl (C=O) groups is 1. The zero-order valence-corrected chi connectivity index (χ0v) is 18.0. The van der Waals surface area contributed by atoms with Crippen LogP contribution in [0.15, 0.2) is 103 Å². The first kappa shape index (κ1) is 20.7. The van der Waals surface area contributed by atoms with Crippen molar-refractivity contribution < 1.29 is 9.63 Å². The molecule has 0 saturated heterocycles. The van der Waals surface area contributed by atoms with Crippen molar-refractivity contribution in [3.05, 3.63) is 120 Å². The van der Waals surface area contributed by atoms with Crippen molar-refractivity contribution in [2.45, 2.75) is 13.2 Å². The molecule has 0 radical (unpaired) electrons. The van der Waals surface area contributed by atoms with Gasteiger partial charge in [0.05, 0.1) is 5.56 Å². The number of hydrogen-bond donors (Lipinski definition) is 2. The van der Waals surface area contributed by atoms with Crippen LogP contribution in [0.5, 0.6) is 0 Å². The minimum Gasteiger partial charge on any atom is -0.380 e. The molecule has 33 heavy (non-hydrogen) atoms. The van der Waals surface area contributed by atoms with Gasteiger partial charge in [-0.2, -0.15) is 0 Å². The molecule has 5 rings (SSSR count). The average molecular weight is 434 g/mol. The maximum Gasteiger partial charge on any atom is 0.276 e. The van der Waals surface area contributed by atoms with Gasteiger partial charge in [-0.3, -0.25) is 14.6 Å². The molecular weight excluding hydrogens is 410 g/mol. The Hall–Kier alpha value is -4.22. The van der Waals surface area contributed by atoms with Crippen LogP contribution >= 0.6 is 0 Å². The van der Waals surface area contributed by atoms with Crippen LogP contribution in [0.4, 0.5) is 5.69 Å². The van der Waals surface area contributed by atoms with Crippen LogP contribution in [0.2, 0.25) is 0 Å². The Kier molecular flexibility index (Phi) is 5.95. The summed E-state index contributed by atoms with van der Waals surface area (Å²) in [6.45, 7) is 0.857. The fraction of sp³-hybridized carbons (Fsp3) is 0.0714. The number of rotatable bonds is 7. The lowest BCUT2D eigenvalue weighted by Crippen LogP contribution is -2.24. The van der Waals surface area contributed by atoms with Crippen molar-refractivity contribution in [1.82, 2.24) is 10.5 Å². The number of hydroxylamine groups is 1. The molecule has 1 aromatic heterocycles. The van der Waals surface area contributed by atoms with Gasteiger partial charge in [-0.05, 0) is 63.0 Å². The fourth-order valence-corrected chi connectivity index (χ4v) is 4.03. The Labute approximate surface area is 192 Å². The van der Waals surface area contributed by atoms with Crippen molar-refractivity contribution in [3.8, 4) is 0 Å². The van der Waals surface area contributed by atoms with Crippen molar-refractivity contribution in [2.24, 2.45) is 0 Å². The van der Waals surface area contributed by atoms with Crippen molar-refractivity contribution in [2.75, 3.05) is 5.32 Å². The number of aromatic nitrogens is 1. The van der Waals surface area contributed by atoms with Crippen LogP contribution in [0.1, 0.15) is 21.5 Å². The molecule has 4 aromatic carbocycles. The number of carbonyl (C=O) groups excluding carboxylic acids is 1. The topological polar surface area (TPSA) is 63.2 Å². The van der Waals surface area contributed by atoms with E-state index in [0.29, 0.717) is 12.1 Å². The van der Waals surface area contributed by atoms with E-state index in [1.165, 1.54) is 0 Å². The number of benzene rings is 4. The minimum atomic E-state index is -0.294. The third kappa shape index (κ3) is 4.54. The molecule has 1 amide bonds. The molecule has 0 aliphatic rings. The summed E-state index contributed by atoms with van der Waals surface area (Å²) in [6, 6.07) is 29.9. The summed E-state index contributed by atoms with van der Waals surface area (Å²) in [4.78, 5) is 22.7. The Morgan fingerprint density at radius 3 is 2.15 bits per heavy atom. The quantitative estimate of drug-likeness (QED) is 0.249. The second kappa shape index (κ2) is 9.51. The summed E-state index contributed by atoms with van der Waals surface area (Å²) in [6.07, 6.45) is 3.50. The van der Waals surface area contributed by atoms with Crippen LogP contribution in [0, 0.1) is 0 Å². The normalized spacial score (nSPS) is 10.9. The van der Waals surface area contributed by atoms with Gasteiger partial charge in [-0.1, -0.05) is 60.7 Å². The van der Waals surface area contributed by atoms with Gasteiger partial charge < -0.3 is 5.32 Å². The lowest BCUT2D eigenvalue weighted by atomic mass is 9.97. The highest BCUT2D eigenvalue weighted by Gasteiger charge is 2.13. The van der Waals surface area contributed by atoms with E-state index < -0.39 is 0 Å². The summed E-state index contributed by atoms with van der Waals surface area (Å²) >= 11 is 0. The van der Waals surface area contributed by atoms with E-state index in [-0.39, 0.29) is 12.5 Å². The Morgan fingerprint density at radius 1 is 0.788 bits per heavy atom. The summed E-state index contributed by atoms with van der Waals surface area (Å²) in [5, 5.41) is 7.84. The van der Waals surface area contributed by atoms with E-state index in [1.54, 1.807) is 18.5 Å². The van der Waals surface area contributed by atoms with E-state index in [2.05, 4.69) is 46.1 Å². The summed E-state index contributed by atoms with van der Waals surface area (Å²) in [7, 11) is 0. The molecule has 5 aromatic rings. The van der Waals surface area contributed by atoms with Crippen LogP contribution in [-0.4, -0.2) is 10.9 Å². The summed E-state index contributed by atoms with van der Waals surface area (Å²) < 4.78 is 0. The van der Waals surface area contributed by atoms with Gasteiger partial charge in [0, 0.05) is 24.6 Å². The van der Waals surface area contributed by atoms with Crippen molar-refractivity contribution in [3.63, 3.8) is 0 Å². The molecule has 162 valence electrons. The summed E-state index contributed by atoms with van der Waals surface area (Å²) in [5.41, 5.74) is 6.02. The number of hydrogen-bond acceptors (Lipinski definition) is 4. The molecule has 5 nitrogen and oxygen atoms in total. The lowest BCUT2D eigenvalue weighted by molar-refractivity contribution is 0.0242. The number of amides is 1. The van der Waals surface area contributed by atoms with Crippen molar-refractivity contribution >= 4 is 33.1 Å². The van der Waals surface area contributed by atoms with Gasteiger partial charge in [0.2, 0.25) is 0 Å². The molecule has 0 atom stereocenters. The van der Waals surface area contributed by atoms with E-state index in [4.69, 9.17) is 4.84 Å². The van der Waals surface area contributed by atoms with E-state index in [0.717, 1.165) is 38.4 Å².